The number of aromatic hydroxyl groups is 1. The van der Waals surface area contributed by atoms with Crippen molar-refractivity contribution >= 4 is 11.9 Å². The van der Waals surface area contributed by atoms with Crippen LogP contribution in [-0.2, 0) is 0 Å². The minimum Gasteiger partial charge on any atom is -0.497 e. The van der Waals surface area contributed by atoms with Crippen LogP contribution in [0, 0.1) is 0 Å². The first-order chi connectivity index (χ1) is 9.10. The number of H-pyrrole nitrogens is 2. The van der Waals surface area contributed by atoms with E-state index in [0.29, 0.717) is 11.4 Å². The number of methoxy groups -OCH3 is 1. The first kappa shape index (κ1) is 12.6. The van der Waals surface area contributed by atoms with Crippen LogP contribution in [0.5, 0.6) is 11.6 Å². The van der Waals surface area contributed by atoms with E-state index >= 15 is 0 Å². The highest BCUT2D eigenvalue weighted by molar-refractivity contribution is 5.83. The molecule has 0 spiro atoms. The van der Waals surface area contributed by atoms with Gasteiger partial charge in [0.15, 0.2) is 0 Å². The number of aromatic nitrogens is 2. The number of nitrogens with one attached hydrogen (secondary N) is 2. The molecule has 1 heterocycles. The molecule has 0 amide bonds. The van der Waals surface area contributed by atoms with Crippen LogP contribution in [0.25, 0.3) is 0 Å². The molecule has 19 heavy (non-hydrogen) atoms. The summed E-state index contributed by atoms with van der Waals surface area (Å²) in [6.45, 7) is 0. The number of aliphatic imine (C=N–C) groups is 1. The van der Waals surface area contributed by atoms with E-state index in [0.717, 1.165) is 0 Å². The lowest BCUT2D eigenvalue weighted by atomic mass is 10.3. The largest absolute Gasteiger partial charge is 0.497 e. The lowest BCUT2D eigenvalue weighted by Gasteiger charge is -2.00. The van der Waals surface area contributed by atoms with Crippen LogP contribution in [0.4, 0.5) is 5.69 Å². The van der Waals surface area contributed by atoms with Gasteiger partial charge in [-0.1, -0.05) is 6.07 Å². The maximum atomic E-state index is 11.5. The Bertz CT molecular complexity index is 730. The third-order valence-corrected chi connectivity index (χ3v) is 2.35. The highest BCUT2D eigenvalue weighted by Crippen LogP contribution is 2.19. The normalized spacial score (nSPS) is 10.8. The Morgan fingerprint density at radius 1 is 1.32 bits per heavy atom. The smallest absolute Gasteiger partial charge is 0.328 e. The van der Waals surface area contributed by atoms with Crippen molar-refractivity contribution in [2.45, 2.75) is 0 Å². The van der Waals surface area contributed by atoms with Gasteiger partial charge in [0.05, 0.1) is 12.8 Å². The summed E-state index contributed by atoms with van der Waals surface area (Å²) in [7, 11) is 1.53. The van der Waals surface area contributed by atoms with Crippen molar-refractivity contribution in [3.05, 3.63) is 50.7 Å². The van der Waals surface area contributed by atoms with E-state index in [-0.39, 0.29) is 5.56 Å². The number of benzene rings is 1. The highest BCUT2D eigenvalue weighted by Gasteiger charge is 2.05. The Morgan fingerprint density at radius 3 is 2.79 bits per heavy atom. The number of hydrogen-bond donors (Lipinski definition) is 3. The highest BCUT2D eigenvalue weighted by atomic mass is 16.5. The van der Waals surface area contributed by atoms with Gasteiger partial charge in [-0.05, 0) is 12.1 Å². The molecule has 0 aliphatic rings. The molecule has 98 valence electrons. The Morgan fingerprint density at radius 2 is 2.11 bits per heavy atom. The zero-order valence-corrected chi connectivity index (χ0v) is 10.0. The molecule has 0 aliphatic heterocycles. The van der Waals surface area contributed by atoms with E-state index in [4.69, 9.17) is 4.74 Å². The number of aromatic amines is 2. The van der Waals surface area contributed by atoms with E-state index in [9.17, 15) is 14.7 Å². The van der Waals surface area contributed by atoms with Gasteiger partial charge in [-0.15, -0.1) is 0 Å². The molecule has 7 heteroatoms. The number of hydrogen-bond acceptors (Lipinski definition) is 5. The predicted molar refractivity (Wildman–Crippen MR) is 69.6 cm³/mol. The fraction of sp³-hybridized carbons (Fsp3) is 0.0833. The molecular weight excluding hydrogens is 250 g/mol. The van der Waals surface area contributed by atoms with Gasteiger partial charge in [-0.2, -0.15) is 0 Å². The summed E-state index contributed by atoms with van der Waals surface area (Å²) < 4.78 is 5.03. The second-order valence-corrected chi connectivity index (χ2v) is 3.63. The number of nitrogens with zero attached hydrogens (tertiary/aromatic N) is 1. The van der Waals surface area contributed by atoms with E-state index in [1.165, 1.54) is 13.3 Å². The van der Waals surface area contributed by atoms with Crippen LogP contribution in [0.1, 0.15) is 5.56 Å². The summed E-state index contributed by atoms with van der Waals surface area (Å²) in [5.74, 6) is 0.0923. The molecule has 2 rings (SSSR count). The van der Waals surface area contributed by atoms with Crippen molar-refractivity contribution in [1.82, 2.24) is 9.97 Å². The van der Waals surface area contributed by atoms with Gasteiger partial charge in [0.25, 0.3) is 5.56 Å². The number of ether oxygens (including phenoxy) is 1. The fourth-order valence-electron chi connectivity index (χ4n) is 1.43. The molecule has 0 aliphatic carbocycles. The van der Waals surface area contributed by atoms with Gasteiger partial charge in [0.1, 0.15) is 11.3 Å². The van der Waals surface area contributed by atoms with Gasteiger partial charge < -0.3 is 9.84 Å². The second kappa shape index (κ2) is 5.21. The van der Waals surface area contributed by atoms with Gasteiger partial charge in [-0.25, -0.2) is 4.79 Å². The van der Waals surface area contributed by atoms with Crippen LogP contribution in [0.15, 0.2) is 38.8 Å². The average molecular weight is 261 g/mol. The molecule has 0 unspecified atom stereocenters. The molecule has 0 fully saturated rings. The Balaban J connectivity index is 2.38. The second-order valence-electron chi connectivity index (χ2n) is 3.63. The van der Waals surface area contributed by atoms with Crippen LogP contribution < -0.4 is 16.0 Å². The van der Waals surface area contributed by atoms with Crippen molar-refractivity contribution in [3.8, 4) is 11.6 Å². The third-order valence-electron chi connectivity index (χ3n) is 2.35. The molecule has 0 bridgehead atoms. The topological polar surface area (TPSA) is 108 Å². The average Bonchev–Trinajstić information content (AvgIpc) is 2.37. The summed E-state index contributed by atoms with van der Waals surface area (Å²) in [5.41, 5.74) is -1.07. The standard InChI is InChI=1S/C12H11N3O4/c1-19-8-4-2-3-7(5-8)13-6-9-10(16)14-12(18)15-11(9)17/h2-6H,1H3,(H3,14,15,16,17,18). The molecule has 1 aromatic heterocycles. The molecule has 3 N–H and O–H groups in total. The predicted octanol–water partition coefficient (Wildman–Crippen LogP) is 0.528. The monoisotopic (exact) mass is 261 g/mol. The fourth-order valence-corrected chi connectivity index (χ4v) is 1.43. The Labute approximate surface area is 107 Å². The Kier molecular flexibility index (Phi) is 3.46. The molecule has 0 radical (unpaired) electrons. The van der Waals surface area contributed by atoms with Crippen LogP contribution in [0.3, 0.4) is 0 Å². The van der Waals surface area contributed by atoms with E-state index in [1.807, 2.05) is 4.98 Å². The van der Waals surface area contributed by atoms with Crippen molar-refractivity contribution in [2.75, 3.05) is 7.11 Å². The van der Waals surface area contributed by atoms with E-state index < -0.39 is 17.1 Å². The zero-order chi connectivity index (χ0) is 13.8. The van der Waals surface area contributed by atoms with Gasteiger partial charge in [0.2, 0.25) is 5.88 Å². The minimum atomic E-state index is -0.777. The lowest BCUT2D eigenvalue weighted by molar-refractivity contribution is 0.415. The maximum Gasteiger partial charge on any atom is 0.328 e. The lowest BCUT2D eigenvalue weighted by Crippen LogP contribution is -2.24. The van der Waals surface area contributed by atoms with Gasteiger partial charge in [-0.3, -0.25) is 19.8 Å². The minimum absolute atomic E-state index is 0.123. The molecule has 0 atom stereocenters. The first-order valence-corrected chi connectivity index (χ1v) is 5.34. The number of rotatable bonds is 3. The van der Waals surface area contributed by atoms with Gasteiger partial charge >= 0.3 is 5.69 Å². The van der Waals surface area contributed by atoms with Crippen molar-refractivity contribution in [2.24, 2.45) is 4.99 Å². The quantitative estimate of drug-likeness (QED) is 0.700. The van der Waals surface area contributed by atoms with E-state index in [1.54, 1.807) is 24.3 Å². The molecule has 1 aromatic carbocycles. The van der Waals surface area contributed by atoms with Crippen molar-refractivity contribution < 1.29 is 9.84 Å². The SMILES string of the molecule is COc1cccc(N=Cc2c(O)[nH]c(=O)[nH]c2=O)c1. The summed E-state index contributed by atoms with van der Waals surface area (Å²) in [6.07, 6.45) is 1.17. The summed E-state index contributed by atoms with van der Waals surface area (Å²) >= 11 is 0. The molecule has 0 saturated heterocycles. The van der Waals surface area contributed by atoms with Crippen molar-refractivity contribution in [1.29, 1.82) is 0 Å². The maximum absolute atomic E-state index is 11.5. The molecule has 0 saturated carbocycles. The zero-order valence-electron chi connectivity index (χ0n) is 10.0. The van der Waals surface area contributed by atoms with E-state index in [2.05, 4.69) is 9.98 Å². The first-order valence-electron chi connectivity index (χ1n) is 5.34. The molecular formula is C12H11N3O4. The van der Waals surface area contributed by atoms with Crippen LogP contribution in [-0.4, -0.2) is 28.4 Å². The molecule has 7 nitrogen and oxygen atoms in total. The third kappa shape index (κ3) is 2.89. The summed E-state index contributed by atoms with van der Waals surface area (Å²) in [6, 6.07) is 6.86. The van der Waals surface area contributed by atoms with Gasteiger partial charge in [0, 0.05) is 12.3 Å². The van der Waals surface area contributed by atoms with Crippen molar-refractivity contribution in [3.63, 3.8) is 0 Å². The molecule has 2 aromatic rings. The van der Waals surface area contributed by atoms with Crippen LogP contribution in [0.2, 0.25) is 0 Å². The van der Waals surface area contributed by atoms with Crippen LogP contribution >= 0.6 is 0 Å². The Hall–Kier alpha value is -2.83. The summed E-state index contributed by atoms with van der Waals surface area (Å²) in [4.78, 5) is 30.4. The summed E-state index contributed by atoms with van der Waals surface area (Å²) in [5, 5.41) is 9.46.